The predicted octanol–water partition coefficient (Wildman–Crippen LogP) is 3.04. The summed E-state index contributed by atoms with van der Waals surface area (Å²) < 4.78 is 5.56. The highest BCUT2D eigenvalue weighted by Crippen LogP contribution is 2.33. The van der Waals surface area contributed by atoms with Gasteiger partial charge in [-0.15, -0.1) is 0 Å². The fourth-order valence-electron chi connectivity index (χ4n) is 1.76. The third kappa shape index (κ3) is 1.80. The van der Waals surface area contributed by atoms with Crippen molar-refractivity contribution in [3.8, 4) is 0 Å². The number of Topliss-reactive ketones (excluding diaryl/α,β-unsaturated/α-hetero) is 1. The molecule has 0 N–H and O–H groups in total. The Bertz CT molecular complexity index is 393. The summed E-state index contributed by atoms with van der Waals surface area (Å²) in [6.45, 7) is 3.63. The van der Waals surface area contributed by atoms with E-state index in [0.29, 0.717) is 0 Å². The standard InChI is InChI=1S/C13H14O2/c1-10(14)11-4-6-12(7-5-11)13(2)8-3-9-15-13/h3-7,9H,8H2,1-2H3/t13-/m1/s1. The van der Waals surface area contributed by atoms with Crippen LogP contribution in [0.3, 0.4) is 0 Å². The molecule has 15 heavy (non-hydrogen) atoms. The van der Waals surface area contributed by atoms with Crippen LogP contribution in [0.4, 0.5) is 0 Å². The molecule has 0 spiro atoms. The van der Waals surface area contributed by atoms with Crippen molar-refractivity contribution < 1.29 is 9.53 Å². The van der Waals surface area contributed by atoms with Crippen molar-refractivity contribution >= 4 is 5.78 Å². The SMILES string of the molecule is CC(=O)c1ccc([C@@]2(C)CC=CO2)cc1. The first kappa shape index (κ1) is 9.97. The maximum absolute atomic E-state index is 11.1. The highest BCUT2D eigenvalue weighted by atomic mass is 16.5. The average Bonchev–Trinajstić information content (AvgIpc) is 2.67. The molecule has 1 aliphatic heterocycles. The van der Waals surface area contributed by atoms with Gasteiger partial charge in [-0.1, -0.05) is 24.3 Å². The molecular formula is C13H14O2. The van der Waals surface area contributed by atoms with Gasteiger partial charge in [-0.3, -0.25) is 4.79 Å². The van der Waals surface area contributed by atoms with Crippen molar-refractivity contribution in [2.75, 3.05) is 0 Å². The molecule has 0 aromatic heterocycles. The predicted molar refractivity (Wildman–Crippen MR) is 58.6 cm³/mol. The van der Waals surface area contributed by atoms with E-state index < -0.39 is 0 Å². The largest absolute Gasteiger partial charge is 0.490 e. The third-order valence-corrected chi connectivity index (χ3v) is 2.83. The molecule has 2 rings (SSSR count). The summed E-state index contributed by atoms with van der Waals surface area (Å²) in [4.78, 5) is 11.1. The summed E-state index contributed by atoms with van der Waals surface area (Å²) >= 11 is 0. The van der Waals surface area contributed by atoms with Crippen LogP contribution in [0, 0.1) is 0 Å². The molecule has 0 saturated heterocycles. The van der Waals surface area contributed by atoms with Gasteiger partial charge in [0.25, 0.3) is 0 Å². The first-order valence-corrected chi connectivity index (χ1v) is 5.06. The molecular weight excluding hydrogens is 188 g/mol. The van der Waals surface area contributed by atoms with Gasteiger partial charge in [-0.25, -0.2) is 0 Å². The minimum Gasteiger partial charge on any atom is -0.490 e. The lowest BCUT2D eigenvalue weighted by Crippen LogP contribution is -2.19. The Balaban J connectivity index is 2.27. The van der Waals surface area contributed by atoms with E-state index in [0.717, 1.165) is 17.5 Å². The van der Waals surface area contributed by atoms with E-state index in [4.69, 9.17) is 4.74 Å². The minimum absolute atomic E-state index is 0.0946. The molecule has 0 unspecified atom stereocenters. The van der Waals surface area contributed by atoms with Crippen LogP contribution in [0.5, 0.6) is 0 Å². The molecule has 0 saturated carbocycles. The number of carbonyl (C=O) groups is 1. The minimum atomic E-state index is -0.255. The van der Waals surface area contributed by atoms with Gasteiger partial charge in [-0.2, -0.15) is 0 Å². The van der Waals surface area contributed by atoms with E-state index in [1.807, 2.05) is 30.3 Å². The lowest BCUT2D eigenvalue weighted by molar-refractivity contribution is 0.0609. The van der Waals surface area contributed by atoms with Crippen molar-refractivity contribution in [2.24, 2.45) is 0 Å². The zero-order valence-corrected chi connectivity index (χ0v) is 8.99. The van der Waals surface area contributed by atoms with Crippen molar-refractivity contribution in [2.45, 2.75) is 25.9 Å². The Morgan fingerprint density at radius 3 is 2.47 bits per heavy atom. The van der Waals surface area contributed by atoms with Crippen LogP contribution in [0.2, 0.25) is 0 Å². The summed E-state index contributed by atoms with van der Waals surface area (Å²) in [5, 5.41) is 0. The first-order chi connectivity index (χ1) is 7.12. The Kier molecular flexibility index (Phi) is 2.35. The monoisotopic (exact) mass is 202 g/mol. The molecule has 1 aromatic rings. The molecule has 1 atom stereocenters. The van der Waals surface area contributed by atoms with Gasteiger partial charge in [0.05, 0.1) is 6.26 Å². The summed E-state index contributed by atoms with van der Waals surface area (Å²) in [6.07, 6.45) is 4.63. The number of ether oxygens (including phenoxy) is 1. The van der Waals surface area contributed by atoms with Gasteiger partial charge >= 0.3 is 0 Å². The quantitative estimate of drug-likeness (QED) is 0.689. The van der Waals surface area contributed by atoms with Crippen LogP contribution in [0.25, 0.3) is 0 Å². The zero-order chi connectivity index (χ0) is 10.9. The molecule has 78 valence electrons. The van der Waals surface area contributed by atoms with Gasteiger partial charge < -0.3 is 4.74 Å². The van der Waals surface area contributed by atoms with Gasteiger partial charge in [0.15, 0.2) is 5.78 Å². The molecule has 0 amide bonds. The lowest BCUT2D eigenvalue weighted by Gasteiger charge is -2.24. The summed E-state index contributed by atoms with van der Waals surface area (Å²) in [5.41, 5.74) is 1.60. The number of ketones is 1. The Hall–Kier alpha value is -1.57. The average molecular weight is 202 g/mol. The molecule has 0 bridgehead atoms. The van der Waals surface area contributed by atoms with Crippen LogP contribution in [-0.4, -0.2) is 5.78 Å². The van der Waals surface area contributed by atoms with Crippen LogP contribution >= 0.6 is 0 Å². The fraction of sp³-hybridized carbons (Fsp3) is 0.308. The molecule has 0 aliphatic carbocycles. The van der Waals surface area contributed by atoms with Crippen LogP contribution in [-0.2, 0) is 10.3 Å². The topological polar surface area (TPSA) is 26.3 Å². The highest BCUT2D eigenvalue weighted by molar-refractivity contribution is 5.94. The van der Waals surface area contributed by atoms with E-state index in [1.54, 1.807) is 13.2 Å². The smallest absolute Gasteiger partial charge is 0.159 e. The van der Waals surface area contributed by atoms with Gasteiger partial charge in [0, 0.05) is 12.0 Å². The molecule has 1 aliphatic rings. The molecule has 0 radical (unpaired) electrons. The summed E-state index contributed by atoms with van der Waals surface area (Å²) in [7, 11) is 0. The summed E-state index contributed by atoms with van der Waals surface area (Å²) in [6, 6.07) is 7.63. The second-order valence-corrected chi connectivity index (χ2v) is 4.06. The third-order valence-electron chi connectivity index (χ3n) is 2.83. The maximum atomic E-state index is 11.1. The van der Waals surface area contributed by atoms with Gasteiger partial charge in [0.1, 0.15) is 5.60 Å². The molecule has 1 aromatic carbocycles. The lowest BCUT2D eigenvalue weighted by atomic mass is 9.92. The first-order valence-electron chi connectivity index (χ1n) is 5.06. The van der Waals surface area contributed by atoms with E-state index in [2.05, 4.69) is 6.92 Å². The van der Waals surface area contributed by atoms with Crippen molar-refractivity contribution in [1.29, 1.82) is 0 Å². The highest BCUT2D eigenvalue weighted by Gasteiger charge is 2.29. The van der Waals surface area contributed by atoms with Crippen molar-refractivity contribution in [3.63, 3.8) is 0 Å². The number of carbonyl (C=O) groups excluding carboxylic acids is 1. The van der Waals surface area contributed by atoms with Crippen molar-refractivity contribution in [3.05, 3.63) is 47.7 Å². The molecule has 2 nitrogen and oxygen atoms in total. The van der Waals surface area contributed by atoms with E-state index in [-0.39, 0.29) is 11.4 Å². The normalized spacial score (nSPS) is 23.9. The van der Waals surface area contributed by atoms with E-state index in [9.17, 15) is 4.79 Å². The Morgan fingerprint density at radius 2 is 2.00 bits per heavy atom. The second kappa shape index (κ2) is 3.54. The molecule has 1 heterocycles. The van der Waals surface area contributed by atoms with Crippen LogP contribution in [0.1, 0.15) is 36.2 Å². The van der Waals surface area contributed by atoms with Crippen LogP contribution in [0.15, 0.2) is 36.6 Å². The zero-order valence-electron chi connectivity index (χ0n) is 8.99. The number of hydrogen-bond acceptors (Lipinski definition) is 2. The van der Waals surface area contributed by atoms with E-state index >= 15 is 0 Å². The van der Waals surface area contributed by atoms with Crippen LogP contribution < -0.4 is 0 Å². The Labute approximate surface area is 89.6 Å². The van der Waals surface area contributed by atoms with Gasteiger partial charge in [0.2, 0.25) is 0 Å². The maximum Gasteiger partial charge on any atom is 0.159 e. The fourth-order valence-corrected chi connectivity index (χ4v) is 1.76. The summed E-state index contributed by atoms with van der Waals surface area (Å²) in [5.74, 6) is 0.0946. The second-order valence-electron chi connectivity index (χ2n) is 4.06. The molecule has 0 fully saturated rings. The van der Waals surface area contributed by atoms with E-state index in [1.165, 1.54) is 0 Å². The van der Waals surface area contributed by atoms with Gasteiger partial charge in [-0.05, 0) is 25.5 Å². The Morgan fingerprint density at radius 1 is 1.33 bits per heavy atom. The van der Waals surface area contributed by atoms with Crippen molar-refractivity contribution in [1.82, 2.24) is 0 Å². The number of hydrogen-bond donors (Lipinski definition) is 0. The number of benzene rings is 1. The molecule has 2 heteroatoms. The number of rotatable bonds is 2.